The van der Waals surface area contributed by atoms with E-state index >= 15 is 0 Å². The van der Waals surface area contributed by atoms with Crippen molar-refractivity contribution >= 4 is 28.7 Å². The zero-order valence-electron chi connectivity index (χ0n) is 21.4. The van der Waals surface area contributed by atoms with Crippen LogP contribution in [0.25, 0.3) is 11.0 Å². The van der Waals surface area contributed by atoms with Gasteiger partial charge in [0, 0.05) is 18.8 Å². The molecule has 1 N–H and O–H groups in total. The smallest absolute Gasteiger partial charge is 0.317 e. The van der Waals surface area contributed by atoms with Crippen LogP contribution in [0.4, 0.5) is 5.82 Å². The number of amides is 1. The number of ether oxygens (including phenoxy) is 1. The fourth-order valence-electron chi connectivity index (χ4n) is 6.98. The number of carbonyl (C=O) groups excluding carboxylic acids is 2. The minimum absolute atomic E-state index is 0.0592. The first kappa shape index (κ1) is 24.2. The molecule has 1 aliphatic carbocycles. The maximum atomic E-state index is 14.0. The first-order valence-electron chi connectivity index (χ1n) is 13.8. The van der Waals surface area contributed by atoms with E-state index in [1.54, 1.807) is 0 Å². The number of hydrogen-bond acceptors (Lipinski definition) is 5. The fourth-order valence-corrected chi connectivity index (χ4v) is 6.98. The topological polar surface area (TPSA) is 81.4 Å². The Morgan fingerprint density at radius 1 is 0.973 bits per heavy atom. The number of rotatable bonds is 6. The van der Waals surface area contributed by atoms with E-state index in [1.165, 1.54) is 12.8 Å². The lowest BCUT2D eigenvalue weighted by atomic mass is 9.74. The fraction of sp³-hybridized carbons (Fsp3) is 0.500. The van der Waals surface area contributed by atoms with Crippen molar-refractivity contribution in [3.8, 4) is 0 Å². The number of quaternary nitrogens is 1. The van der Waals surface area contributed by atoms with E-state index in [9.17, 15) is 9.59 Å². The lowest BCUT2D eigenvalue weighted by Gasteiger charge is -2.52. The van der Waals surface area contributed by atoms with Crippen LogP contribution < -0.4 is 5.32 Å². The van der Waals surface area contributed by atoms with Crippen LogP contribution in [0, 0.1) is 5.92 Å². The number of anilines is 1. The summed E-state index contributed by atoms with van der Waals surface area (Å²) in [4.78, 5) is 27.1. The molecule has 7 rings (SSSR count). The Balaban J connectivity index is 1.17. The summed E-state index contributed by atoms with van der Waals surface area (Å²) in [5.74, 6) is 0.710. The summed E-state index contributed by atoms with van der Waals surface area (Å²) in [5.41, 5.74) is 1.19. The number of esters is 1. The molecule has 1 aromatic heterocycles. The number of carbonyl (C=O) groups is 2. The highest BCUT2D eigenvalue weighted by Crippen LogP contribution is 2.42. The molecule has 1 atom stereocenters. The first-order chi connectivity index (χ1) is 18.1. The lowest BCUT2D eigenvalue weighted by Crippen LogP contribution is -2.66. The summed E-state index contributed by atoms with van der Waals surface area (Å²) in [7, 11) is 0. The predicted octanol–water partition coefficient (Wildman–Crippen LogP) is 5.21. The minimum Gasteiger partial charge on any atom is -0.455 e. The maximum absolute atomic E-state index is 14.0. The molecule has 0 spiro atoms. The Kier molecular flexibility index (Phi) is 6.49. The molecular formula is C30H36N3O4+. The second-order valence-corrected chi connectivity index (χ2v) is 11.3. The highest BCUT2D eigenvalue weighted by Gasteiger charge is 2.51. The van der Waals surface area contributed by atoms with Gasteiger partial charge in [-0.15, -0.1) is 0 Å². The van der Waals surface area contributed by atoms with Gasteiger partial charge in [-0.05, 0) is 30.5 Å². The number of nitrogens with one attached hydrogen (secondary N) is 1. The number of fused-ring (bicyclic) bond motifs is 4. The van der Waals surface area contributed by atoms with E-state index in [2.05, 4.69) is 22.6 Å². The first-order valence-corrected chi connectivity index (χ1v) is 13.8. The molecule has 1 saturated carbocycles. The van der Waals surface area contributed by atoms with Crippen molar-refractivity contribution in [2.24, 2.45) is 5.92 Å². The molecule has 3 aromatic rings. The van der Waals surface area contributed by atoms with Crippen LogP contribution in [-0.2, 0) is 19.7 Å². The molecule has 4 heterocycles. The van der Waals surface area contributed by atoms with Gasteiger partial charge in [-0.1, -0.05) is 73.3 Å². The maximum Gasteiger partial charge on any atom is 0.317 e. The normalized spacial score (nSPS) is 26.9. The monoisotopic (exact) mass is 502 g/mol. The SMILES string of the molecule is O=C(C[N+]12CCC(CC1)C(OC(=O)C1(c3ccccc3)CCCCCC1)C2)Nc1noc2ccccc12. The van der Waals surface area contributed by atoms with Crippen molar-refractivity contribution < 1.29 is 23.3 Å². The van der Waals surface area contributed by atoms with Crippen molar-refractivity contribution in [2.75, 3.05) is 31.5 Å². The number of piperidine rings is 3. The lowest BCUT2D eigenvalue weighted by molar-refractivity contribution is -0.939. The summed E-state index contributed by atoms with van der Waals surface area (Å²) < 4.78 is 12.4. The Hall–Kier alpha value is -3.19. The van der Waals surface area contributed by atoms with Crippen LogP contribution in [0.5, 0.6) is 0 Å². The Morgan fingerprint density at radius 3 is 2.43 bits per heavy atom. The summed E-state index contributed by atoms with van der Waals surface area (Å²) >= 11 is 0. The zero-order valence-corrected chi connectivity index (χ0v) is 21.4. The van der Waals surface area contributed by atoms with Crippen molar-refractivity contribution in [3.05, 3.63) is 60.2 Å². The summed E-state index contributed by atoms with van der Waals surface area (Å²) in [5, 5.41) is 7.82. The molecule has 4 fully saturated rings. The quantitative estimate of drug-likeness (QED) is 0.284. The molecule has 0 radical (unpaired) electrons. The van der Waals surface area contributed by atoms with Gasteiger partial charge in [-0.2, -0.15) is 0 Å². The van der Waals surface area contributed by atoms with Crippen LogP contribution in [0.1, 0.15) is 56.9 Å². The Bertz CT molecular complexity index is 1250. The van der Waals surface area contributed by atoms with E-state index in [0.29, 0.717) is 34.9 Å². The molecular weight excluding hydrogens is 466 g/mol. The number of para-hydroxylation sites is 1. The number of benzene rings is 2. The van der Waals surface area contributed by atoms with Crippen LogP contribution in [-0.4, -0.2) is 53.8 Å². The van der Waals surface area contributed by atoms with E-state index in [4.69, 9.17) is 9.26 Å². The summed E-state index contributed by atoms with van der Waals surface area (Å²) in [6.07, 6.45) is 7.96. The van der Waals surface area contributed by atoms with Crippen molar-refractivity contribution in [1.82, 2.24) is 5.16 Å². The Labute approximate surface area is 217 Å². The number of nitrogens with zero attached hydrogens (tertiary/aromatic N) is 2. The van der Waals surface area contributed by atoms with E-state index in [1.807, 2.05) is 42.5 Å². The van der Waals surface area contributed by atoms with Crippen LogP contribution in [0.2, 0.25) is 0 Å². The second kappa shape index (κ2) is 9.93. The largest absolute Gasteiger partial charge is 0.455 e. The third-order valence-corrected chi connectivity index (χ3v) is 9.09. The molecule has 194 valence electrons. The van der Waals surface area contributed by atoms with Crippen LogP contribution in [0.15, 0.2) is 59.1 Å². The van der Waals surface area contributed by atoms with Gasteiger partial charge in [-0.3, -0.25) is 9.59 Å². The van der Waals surface area contributed by atoms with Crippen molar-refractivity contribution in [2.45, 2.75) is 62.9 Å². The number of hydrogen-bond donors (Lipinski definition) is 1. The highest BCUT2D eigenvalue weighted by atomic mass is 16.5. The van der Waals surface area contributed by atoms with Gasteiger partial charge in [0.05, 0.1) is 23.9 Å². The number of aromatic nitrogens is 1. The van der Waals surface area contributed by atoms with Gasteiger partial charge in [0.1, 0.15) is 6.54 Å². The van der Waals surface area contributed by atoms with E-state index in [-0.39, 0.29) is 18.0 Å². The molecule has 1 unspecified atom stereocenters. The van der Waals surface area contributed by atoms with Crippen molar-refractivity contribution in [1.29, 1.82) is 0 Å². The standard InChI is InChI=1S/C30H35N3O4/c34-27(31-28-24-12-6-7-13-25(24)37-32-28)21-33-18-14-22(15-19-33)26(20-33)36-29(35)30(16-8-1-2-9-17-30)23-10-4-3-5-11-23/h3-7,10-13,22,26H,1-2,8-9,14-21H2/p+1. The van der Waals surface area contributed by atoms with Gasteiger partial charge >= 0.3 is 5.97 Å². The Morgan fingerprint density at radius 2 is 1.68 bits per heavy atom. The van der Waals surface area contributed by atoms with Gasteiger partial charge in [0.2, 0.25) is 0 Å². The molecule has 4 aliphatic rings. The van der Waals surface area contributed by atoms with Crippen LogP contribution in [0.3, 0.4) is 0 Å². The van der Waals surface area contributed by atoms with Crippen molar-refractivity contribution in [3.63, 3.8) is 0 Å². The molecule has 7 heteroatoms. The highest BCUT2D eigenvalue weighted by molar-refractivity contribution is 5.99. The second-order valence-electron chi connectivity index (χ2n) is 11.3. The van der Waals surface area contributed by atoms with Gasteiger partial charge in [0.15, 0.2) is 24.0 Å². The average Bonchev–Trinajstić information content (AvgIpc) is 3.15. The molecule has 3 saturated heterocycles. The average molecular weight is 503 g/mol. The van der Waals surface area contributed by atoms with Crippen LogP contribution >= 0.6 is 0 Å². The van der Waals surface area contributed by atoms with Gasteiger partial charge in [0.25, 0.3) is 5.91 Å². The molecule has 2 aromatic carbocycles. The van der Waals surface area contributed by atoms with Gasteiger partial charge < -0.3 is 19.1 Å². The zero-order chi connectivity index (χ0) is 25.3. The molecule has 2 bridgehead atoms. The van der Waals surface area contributed by atoms with E-state index < -0.39 is 5.41 Å². The third kappa shape index (κ3) is 4.65. The molecule has 1 amide bonds. The van der Waals surface area contributed by atoms with Gasteiger partial charge in [-0.25, -0.2) is 0 Å². The summed E-state index contributed by atoms with van der Waals surface area (Å²) in [6.45, 7) is 2.94. The van der Waals surface area contributed by atoms with E-state index in [0.717, 1.165) is 62.6 Å². The minimum atomic E-state index is -0.556. The third-order valence-electron chi connectivity index (χ3n) is 9.09. The molecule has 37 heavy (non-hydrogen) atoms. The molecule has 3 aliphatic heterocycles. The molecule has 7 nitrogen and oxygen atoms in total. The summed E-state index contributed by atoms with van der Waals surface area (Å²) in [6, 6.07) is 17.8. The predicted molar refractivity (Wildman–Crippen MR) is 141 cm³/mol.